The van der Waals surface area contributed by atoms with Gasteiger partial charge >= 0.3 is 0 Å². The van der Waals surface area contributed by atoms with E-state index in [1.165, 1.54) is 19.3 Å². The molecule has 1 saturated carbocycles. The second-order valence-electron chi connectivity index (χ2n) is 7.10. The van der Waals surface area contributed by atoms with Gasteiger partial charge in [0.05, 0.1) is 12.2 Å². The monoisotopic (exact) mass is 379 g/mol. The van der Waals surface area contributed by atoms with Crippen LogP contribution in [0.2, 0.25) is 0 Å². The maximum absolute atomic E-state index is 12.1. The van der Waals surface area contributed by atoms with Crippen molar-refractivity contribution in [3.63, 3.8) is 0 Å². The Morgan fingerprint density at radius 1 is 1.31 bits per heavy atom. The predicted molar refractivity (Wildman–Crippen MR) is 109 cm³/mol. The van der Waals surface area contributed by atoms with Crippen molar-refractivity contribution in [1.29, 1.82) is 0 Å². The molecule has 3 N–H and O–H groups in total. The van der Waals surface area contributed by atoms with Gasteiger partial charge in [-0.2, -0.15) is 0 Å². The number of carbonyl (C=O) groups is 1. The van der Waals surface area contributed by atoms with Crippen LogP contribution in [-0.2, 0) is 11.3 Å². The molecule has 1 aromatic heterocycles. The van der Waals surface area contributed by atoms with E-state index in [4.69, 9.17) is 0 Å². The predicted octanol–water partition coefficient (Wildman–Crippen LogP) is 3.16. The molecule has 1 aromatic rings. The van der Waals surface area contributed by atoms with E-state index in [0.29, 0.717) is 31.5 Å². The van der Waals surface area contributed by atoms with Crippen LogP contribution in [0.5, 0.6) is 0 Å². The van der Waals surface area contributed by atoms with Gasteiger partial charge in [-0.15, -0.1) is 11.3 Å². The fourth-order valence-electron chi connectivity index (χ4n) is 2.99. The van der Waals surface area contributed by atoms with E-state index in [1.807, 2.05) is 6.92 Å². The zero-order chi connectivity index (χ0) is 18.8. The van der Waals surface area contributed by atoms with Crippen molar-refractivity contribution >= 4 is 23.2 Å². The summed E-state index contributed by atoms with van der Waals surface area (Å²) in [5, 5.41) is 12.7. The van der Waals surface area contributed by atoms with Gasteiger partial charge in [0.1, 0.15) is 5.01 Å². The van der Waals surface area contributed by atoms with Crippen LogP contribution in [0.3, 0.4) is 0 Å². The second-order valence-corrected chi connectivity index (χ2v) is 8.04. The maximum Gasteiger partial charge on any atom is 0.221 e. The number of amides is 1. The summed E-state index contributed by atoms with van der Waals surface area (Å²) in [6.07, 6.45) is 6.47. The molecule has 0 aromatic carbocycles. The van der Waals surface area contributed by atoms with Crippen molar-refractivity contribution in [3.8, 4) is 0 Å². The van der Waals surface area contributed by atoms with Crippen molar-refractivity contribution < 1.29 is 4.79 Å². The van der Waals surface area contributed by atoms with Gasteiger partial charge in [-0.1, -0.05) is 33.1 Å². The molecule has 0 unspecified atom stereocenters. The fourth-order valence-corrected chi connectivity index (χ4v) is 3.87. The first kappa shape index (κ1) is 20.7. The van der Waals surface area contributed by atoms with Crippen LogP contribution < -0.4 is 16.0 Å². The Morgan fingerprint density at radius 3 is 2.73 bits per heavy atom. The van der Waals surface area contributed by atoms with E-state index in [9.17, 15) is 4.79 Å². The molecule has 0 radical (unpaired) electrons. The molecule has 1 heterocycles. The molecule has 1 aliphatic carbocycles. The van der Waals surface area contributed by atoms with Crippen molar-refractivity contribution in [3.05, 3.63) is 16.1 Å². The van der Waals surface area contributed by atoms with E-state index >= 15 is 0 Å². The molecule has 6 nitrogen and oxygen atoms in total. The number of nitrogens with zero attached hydrogens (tertiary/aromatic N) is 2. The lowest BCUT2D eigenvalue weighted by molar-refractivity contribution is -0.121. The van der Waals surface area contributed by atoms with Gasteiger partial charge in [0.25, 0.3) is 0 Å². The van der Waals surface area contributed by atoms with Crippen LogP contribution in [-0.4, -0.2) is 36.0 Å². The molecular formula is C19H33N5OS. The van der Waals surface area contributed by atoms with Crippen LogP contribution in [0.1, 0.15) is 75.9 Å². The number of carbonyl (C=O) groups excluding carboxylic acids is 1. The molecule has 2 rings (SSSR count). The van der Waals surface area contributed by atoms with E-state index in [2.05, 4.69) is 45.2 Å². The smallest absolute Gasteiger partial charge is 0.221 e. The fraction of sp³-hybridized carbons (Fsp3) is 0.737. The zero-order valence-electron chi connectivity index (χ0n) is 16.3. The van der Waals surface area contributed by atoms with Crippen molar-refractivity contribution in [2.75, 3.05) is 13.1 Å². The quantitative estimate of drug-likeness (QED) is 0.479. The van der Waals surface area contributed by atoms with E-state index in [-0.39, 0.29) is 5.91 Å². The van der Waals surface area contributed by atoms with Crippen molar-refractivity contribution in [1.82, 2.24) is 20.9 Å². The van der Waals surface area contributed by atoms with Gasteiger partial charge in [0, 0.05) is 30.9 Å². The number of hydrogen-bond donors (Lipinski definition) is 3. The lowest BCUT2D eigenvalue weighted by atomic mass is 9.95. The average Bonchev–Trinajstić information content (AvgIpc) is 3.10. The number of thiazole rings is 1. The highest BCUT2D eigenvalue weighted by Gasteiger charge is 2.15. The lowest BCUT2D eigenvalue weighted by Crippen LogP contribution is -2.41. The van der Waals surface area contributed by atoms with Crippen LogP contribution in [0.25, 0.3) is 0 Å². The van der Waals surface area contributed by atoms with Crippen molar-refractivity contribution in [2.45, 2.75) is 77.8 Å². The summed E-state index contributed by atoms with van der Waals surface area (Å²) >= 11 is 1.65. The van der Waals surface area contributed by atoms with Gasteiger partial charge in [-0.05, 0) is 25.7 Å². The van der Waals surface area contributed by atoms with Gasteiger partial charge in [0.2, 0.25) is 5.91 Å². The summed E-state index contributed by atoms with van der Waals surface area (Å²) in [7, 11) is 0. The molecule has 146 valence electrons. The van der Waals surface area contributed by atoms with Crippen molar-refractivity contribution in [2.24, 2.45) is 4.99 Å². The molecule has 0 spiro atoms. The topological polar surface area (TPSA) is 78.4 Å². The Labute approximate surface area is 161 Å². The third-order valence-electron chi connectivity index (χ3n) is 4.49. The number of rotatable bonds is 8. The Bertz CT molecular complexity index is 578. The maximum atomic E-state index is 12.1. The summed E-state index contributed by atoms with van der Waals surface area (Å²) in [6.45, 7) is 8.25. The Balaban J connectivity index is 1.74. The van der Waals surface area contributed by atoms with E-state index in [0.717, 1.165) is 36.0 Å². The third kappa shape index (κ3) is 7.32. The number of aliphatic imine (C=N–C) groups is 1. The van der Waals surface area contributed by atoms with Gasteiger partial charge in [0.15, 0.2) is 5.96 Å². The van der Waals surface area contributed by atoms with Gasteiger partial charge < -0.3 is 16.0 Å². The minimum absolute atomic E-state index is 0.127. The first-order valence-corrected chi connectivity index (χ1v) is 10.7. The van der Waals surface area contributed by atoms with Gasteiger partial charge in [-0.25, -0.2) is 9.98 Å². The number of hydrogen-bond acceptors (Lipinski definition) is 4. The normalized spacial score (nSPS) is 15.9. The zero-order valence-corrected chi connectivity index (χ0v) is 17.1. The molecule has 0 aliphatic heterocycles. The van der Waals surface area contributed by atoms with Crippen LogP contribution in [0, 0.1) is 0 Å². The van der Waals surface area contributed by atoms with E-state index < -0.39 is 0 Å². The Kier molecular flexibility index (Phi) is 8.88. The standard InChI is InChI=1S/C19H33N5OS/c1-4-20-19(22-12-18-24-16(13-26-18)14(2)3)21-11-10-17(25)23-15-8-6-5-7-9-15/h13-15H,4-12H2,1-3H3,(H,23,25)(H2,20,21,22). The molecule has 1 amide bonds. The minimum Gasteiger partial charge on any atom is -0.357 e. The van der Waals surface area contributed by atoms with Crippen LogP contribution in [0.4, 0.5) is 0 Å². The minimum atomic E-state index is 0.127. The number of guanidine groups is 1. The molecule has 1 fully saturated rings. The molecule has 1 aliphatic rings. The summed E-state index contributed by atoms with van der Waals surface area (Å²) in [5.41, 5.74) is 1.12. The summed E-state index contributed by atoms with van der Waals surface area (Å²) in [4.78, 5) is 21.3. The Morgan fingerprint density at radius 2 is 2.08 bits per heavy atom. The summed E-state index contributed by atoms with van der Waals surface area (Å²) in [6, 6.07) is 0.373. The molecular weight excluding hydrogens is 346 g/mol. The molecule has 26 heavy (non-hydrogen) atoms. The first-order valence-electron chi connectivity index (χ1n) is 9.84. The average molecular weight is 380 g/mol. The SMILES string of the molecule is CCNC(=NCc1nc(C(C)C)cs1)NCCC(=O)NC1CCCCC1. The molecule has 0 saturated heterocycles. The summed E-state index contributed by atoms with van der Waals surface area (Å²) < 4.78 is 0. The summed E-state index contributed by atoms with van der Waals surface area (Å²) in [5.74, 6) is 1.30. The first-order chi connectivity index (χ1) is 12.6. The highest BCUT2D eigenvalue weighted by atomic mass is 32.1. The van der Waals surface area contributed by atoms with Gasteiger partial charge in [-0.3, -0.25) is 4.79 Å². The third-order valence-corrected chi connectivity index (χ3v) is 5.34. The number of aromatic nitrogens is 1. The highest BCUT2D eigenvalue weighted by molar-refractivity contribution is 7.09. The molecule has 0 bridgehead atoms. The van der Waals surface area contributed by atoms with Crippen LogP contribution in [0.15, 0.2) is 10.4 Å². The Hall–Kier alpha value is -1.63. The molecule has 0 atom stereocenters. The molecule has 7 heteroatoms. The highest BCUT2D eigenvalue weighted by Crippen LogP contribution is 2.18. The second kappa shape index (κ2) is 11.2. The largest absolute Gasteiger partial charge is 0.357 e. The van der Waals surface area contributed by atoms with Crippen LogP contribution >= 0.6 is 11.3 Å². The lowest BCUT2D eigenvalue weighted by Gasteiger charge is -2.22. The van der Waals surface area contributed by atoms with E-state index in [1.54, 1.807) is 11.3 Å². The number of nitrogens with one attached hydrogen (secondary N) is 3.